The van der Waals surface area contributed by atoms with Gasteiger partial charge in [-0.3, -0.25) is 9.47 Å². The van der Waals surface area contributed by atoms with Crippen LogP contribution in [-0.4, -0.2) is 32.2 Å². The fourth-order valence-electron chi connectivity index (χ4n) is 4.57. The van der Waals surface area contributed by atoms with E-state index in [1.165, 1.54) is 10.1 Å². The van der Waals surface area contributed by atoms with Crippen LogP contribution in [0.5, 0.6) is 5.88 Å². The minimum Gasteiger partial charge on any atom is -0.493 e. The minimum absolute atomic E-state index is 0.0588. The molecule has 5 rings (SSSR count). The zero-order chi connectivity index (χ0) is 24.0. The molecule has 1 atom stereocenters. The number of hydrogen-bond donors (Lipinski definition) is 1. The Morgan fingerprint density at radius 3 is 2.41 bits per heavy atom. The van der Waals surface area contributed by atoms with Crippen molar-refractivity contribution in [1.29, 1.82) is 0 Å². The molecule has 0 saturated heterocycles. The molecule has 1 N–H and O–H groups in total. The topological polar surface area (TPSA) is 50.4 Å². The first kappa shape index (κ1) is 23.2. The summed E-state index contributed by atoms with van der Waals surface area (Å²) >= 11 is 15.7. The smallest absolute Gasteiger partial charge is 0.335 e. The van der Waals surface area contributed by atoms with E-state index in [4.69, 9.17) is 23.2 Å². The molecule has 4 aromatic rings. The Morgan fingerprint density at radius 2 is 1.74 bits per heavy atom. The zero-order valence-electron chi connectivity index (χ0n) is 18.4. The zero-order valence-corrected chi connectivity index (χ0v) is 21.5. The van der Waals surface area contributed by atoms with E-state index in [9.17, 15) is 9.90 Å². The predicted octanol–water partition coefficient (Wildman–Crippen LogP) is 6.14. The second-order valence-corrected chi connectivity index (χ2v) is 10.4. The molecule has 2 heterocycles. The van der Waals surface area contributed by atoms with Crippen molar-refractivity contribution in [3.63, 3.8) is 0 Å². The monoisotopic (exact) mass is 557 g/mol. The van der Waals surface area contributed by atoms with Gasteiger partial charge < -0.3 is 5.11 Å². The lowest BCUT2D eigenvalue weighted by molar-refractivity contribution is 0.228. The summed E-state index contributed by atoms with van der Waals surface area (Å²) in [6.45, 7) is 1.24. The van der Waals surface area contributed by atoms with Crippen LogP contribution in [0.2, 0.25) is 10.0 Å². The first-order valence-electron chi connectivity index (χ1n) is 10.8. The highest BCUT2D eigenvalue weighted by molar-refractivity contribution is 9.10. The number of imidazole rings is 1. The molecule has 34 heavy (non-hydrogen) atoms. The summed E-state index contributed by atoms with van der Waals surface area (Å²) in [6.07, 6.45) is 0.575. The van der Waals surface area contributed by atoms with E-state index in [0.717, 1.165) is 22.1 Å². The van der Waals surface area contributed by atoms with E-state index in [2.05, 4.69) is 64.3 Å². The van der Waals surface area contributed by atoms with Crippen molar-refractivity contribution in [2.24, 2.45) is 0 Å². The lowest BCUT2D eigenvalue weighted by Gasteiger charge is -2.24. The second-order valence-electron chi connectivity index (χ2n) is 8.61. The minimum atomic E-state index is -0.293. The van der Waals surface area contributed by atoms with E-state index in [1.807, 2.05) is 12.1 Å². The van der Waals surface area contributed by atoms with Crippen molar-refractivity contribution < 1.29 is 5.11 Å². The van der Waals surface area contributed by atoms with Crippen LogP contribution in [0, 0.1) is 0 Å². The van der Waals surface area contributed by atoms with E-state index >= 15 is 0 Å². The van der Waals surface area contributed by atoms with Crippen LogP contribution in [-0.2, 0) is 19.5 Å². The van der Waals surface area contributed by atoms with Crippen LogP contribution >= 0.6 is 39.1 Å². The Balaban J connectivity index is 1.35. The van der Waals surface area contributed by atoms with Crippen molar-refractivity contribution >= 4 is 39.1 Å². The molecular formula is C26H22BrCl2N3O2. The van der Waals surface area contributed by atoms with E-state index in [1.54, 1.807) is 22.8 Å². The molecule has 0 radical (unpaired) electrons. The van der Waals surface area contributed by atoms with Crippen molar-refractivity contribution in [2.75, 3.05) is 7.05 Å². The average Bonchev–Trinajstić information content (AvgIpc) is 3.33. The van der Waals surface area contributed by atoms with Crippen LogP contribution < -0.4 is 5.69 Å². The van der Waals surface area contributed by atoms with Gasteiger partial charge in [0.1, 0.15) is 0 Å². The Hall–Kier alpha value is -2.51. The van der Waals surface area contributed by atoms with Gasteiger partial charge in [0.15, 0.2) is 0 Å². The van der Waals surface area contributed by atoms with Crippen molar-refractivity contribution in [3.05, 3.63) is 103 Å². The van der Waals surface area contributed by atoms with Gasteiger partial charge >= 0.3 is 5.69 Å². The molecule has 1 aliphatic rings. The van der Waals surface area contributed by atoms with Crippen LogP contribution in [0.4, 0.5) is 0 Å². The number of fused-ring (bicyclic) bond motifs is 1. The molecule has 5 nitrogen and oxygen atoms in total. The fraction of sp³-hybridized carbons (Fsp3) is 0.192. The number of rotatable bonds is 5. The quantitative estimate of drug-likeness (QED) is 0.320. The summed E-state index contributed by atoms with van der Waals surface area (Å²) in [4.78, 5) is 15.3. The molecule has 3 aromatic carbocycles. The number of halogens is 3. The lowest BCUT2D eigenvalue weighted by Crippen LogP contribution is -2.34. The summed E-state index contributed by atoms with van der Waals surface area (Å²) in [7, 11) is 2.05. The molecule has 0 aliphatic carbocycles. The predicted molar refractivity (Wildman–Crippen MR) is 140 cm³/mol. The van der Waals surface area contributed by atoms with E-state index in [0.29, 0.717) is 34.4 Å². The first-order valence-corrected chi connectivity index (χ1v) is 12.4. The third-order valence-electron chi connectivity index (χ3n) is 6.31. The van der Waals surface area contributed by atoms with Crippen LogP contribution in [0.1, 0.15) is 11.3 Å². The van der Waals surface area contributed by atoms with Gasteiger partial charge in [0, 0.05) is 40.1 Å². The highest BCUT2D eigenvalue weighted by Crippen LogP contribution is 2.31. The van der Waals surface area contributed by atoms with E-state index in [-0.39, 0.29) is 17.6 Å². The number of aromatic nitrogens is 2. The van der Waals surface area contributed by atoms with E-state index < -0.39 is 0 Å². The van der Waals surface area contributed by atoms with Gasteiger partial charge in [-0.1, -0.05) is 69.5 Å². The van der Waals surface area contributed by atoms with Gasteiger partial charge in [-0.05, 0) is 60.1 Å². The largest absolute Gasteiger partial charge is 0.493 e. The Labute approximate surface area is 215 Å². The van der Waals surface area contributed by atoms with Gasteiger partial charge in [0.2, 0.25) is 5.88 Å². The van der Waals surface area contributed by atoms with Gasteiger partial charge in [-0.2, -0.15) is 0 Å². The normalized spacial score (nSPS) is 15.1. The molecule has 0 saturated carbocycles. The average molecular weight is 559 g/mol. The molecule has 0 bridgehead atoms. The third-order valence-corrected chi connectivity index (χ3v) is 7.27. The molecule has 8 heteroatoms. The van der Waals surface area contributed by atoms with Crippen molar-refractivity contribution in [3.8, 4) is 22.7 Å². The number of benzene rings is 3. The summed E-state index contributed by atoms with van der Waals surface area (Å²) in [5.74, 6) is -0.0588. The molecular weight excluding hydrogens is 537 g/mol. The fourth-order valence-corrected chi connectivity index (χ4v) is 5.35. The van der Waals surface area contributed by atoms with Gasteiger partial charge in [-0.15, -0.1) is 0 Å². The number of aromatic hydroxyl groups is 1. The molecule has 174 valence electrons. The maximum absolute atomic E-state index is 13.1. The summed E-state index contributed by atoms with van der Waals surface area (Å²) < 4.78 is 3.97. The number of hydrogen-bond acceptors (Lipinski definition) is 3. The Morgan fingerprint density at radius 1 is 1.03 bits per heavy atom. The maximum Gasteiger partial charge on any atom is 0.335 e. The molecule has 1 aliphatic heterocycles. The molecule has 0 unspecified atom stereocenters. The Bertz CT molecular complexity index is 1410. The van der Waals surface area contributed by atoms with Gasteiger partial charge in [0.25, 0.3) is 0 Å². The molecule has 0 spiro atoms. The summed E-state index contributed by atoms with van der Waals surface area (Å²) in [5, 5.41) is 11.7. The van der Waals surface area contributed by atoms with Crippen LogP contribution in [0.3, 0.4) is 0 Å². The highest BCUT2D eigenvalue weighted by atomic mass is 79.9. The van der Waals surface area contributed by atoms with Gasteiger partial charge in [0.05, 0.1) is 11.4 Å². The number of nitrogens with zero attached hydrogens (tertiary/aromatic N) is 3. The second kappa shape index (κ2) is 9.27. The standard InChI is InChI=1S/C26H22BrCl2N3O2/c1-30(14-16-3-2-4-18(9-16)17-5-7-19(27)8-6-17)23-13-24-25(33)32(26(34)31(24)15-23)22-11-20(28)10-21(29)12-22/h2-12,23,33H,13-15H2,1H3/t23-/m0/s1. The molecule has 0 amide bonds. The summed E-state index contributed by atoms with van der Waals surface area (Å²) in [5.41, 5.74) is 4.31. The lowest BCUT2D eigenvalue weighted by atomic mass is 10.0. The third kappa shape index (κ3) is 4.43. The van der Waals surface area contributed by atoms with Crippen LogP contribution in [0.15, 0.2) is 76.0 Å². The first-order chi connectivity index (χ1) is 16.3. The van der Waals surface area contributed by atoms with Gasteiger partial charge in [-0.25, -0.2) is 9.36 Å². The van der Waals surface area contributed by atoms with Crippen LogP contribution in [0.25, 0.3) is 16.8 Å². The molecule has 1 aromatic heterocycles. The van der Waals surface area contributed by atoms with Crippen molar-refractivity contribution in [1.82, 2.24) is 14.0 Å². The highest BCUT2D eigenvalue weighted by Gasteiger charge is 2.32. The maximum atomic E-state index is 13.1. The number of likely N-dealkylation sites (N-methyl/N-ethyl adjacent to an activating group) is 1. The Kier molecular flexibility index (Phi) is 6.34. The van der Waals surface area contributed by atoms with Crippen molar-refractivity contribution in [2.45, 2.75) is 25.6 Å². The SMILES string of the molecule is CN(Cc1cccc(-c2ccc(Br)cc2)c1)[C@H]1Cc2c(O)n(-c3cc(Cl)cc(Cl)c3)c(=O)n2C1. The summed E-state index contributed by atoms with van der Waals surface area (Å²) in [6, 6.07) is 21.7. The molecule has 0 fully saturated rings.